The Labute approximate surface area is 142 Å². The zero-order chi connectivity index (χ0) is 16.9. The van der Waals surface area contributed by atoms with Gasteiger partial charge in [-0.15, -0.1) is 0 Å². The molecule has 7 nitrogen and oxygen atoms in total. The SMILES string of the molecule is CC1CCC(NC(=O)CN2CCN(C(=O)c3ccn[nH]3)CC2)CC1. The molecule has 1 saturated heterocycles. The quantitative estimate of drug-likeness (QED) is 0.856. The molecule has 0 bridgehead atoms. The van der Waals surface area contributed by atoms with E-state index in [0.29, 0.717) is 31.4 Å². The van der Waals surface area contributed by atoms with Gasteiger partial charge in [-0.1, -0.05) is 6.92 Å². The van der Waals surface area contributed by atoms with Crippen LogP contribution in [0.2, 0.25) is 0 Å². The standard InChI is InChI=1S/C17H27N5O2/c1-13-2-4-14(5-3-13)19-16(23)12-21-8-10-22(11-9-21)17(24)15-6-7-18-20-15/h6-7,13-14H,2-5,8-12H2,1H3,(H,18,20)(H,19,23). The lowest BCUT2D eigenvalue weighted by Crippen LogP contribution is -2.52. The summed E-state index contributed by atoms with van der Waals surface area (Å²) < 4.78 is 0. The second kappa shape index (κ2) is 7.79. The number of aromatic nitrogens is 2. The van der Waals surface area contributed by atoms with E-state index in [1.807, 2.05) is 4.90 Å². The number of nitrogens with one attached hydrogen (secondary N) is 2. The molecule has 0 radical (unpaired) electrons. The smallest absolute Gasteiger partial charge is 0.271 e. The van der Waals surface area contributed by atoms with Gasteiger partial charge in [0.1, 0.15) is 5.69 Å². The Balaban J connectivity index is 1.39. The molecule has 24 heavy (non-hydrogen) atoms. The molecule has 0 aromatic carbocycles. The van der Waals surface area contributed by atoms with Gasteiger partial charge < -0.3 is 10.2 Å². The molecule has 0 spiro atoms. The van der Waals surface area contributed by atoms with Gasteiger partial charge >= 0.3 is 0 Å². The van der Waals surface area contributed by atoms with Gasteiger partial charge in [0.15, 0.2) is 0 Å². The molecular weight excluding hydrogens is 306 g/mol. The topological polar surface area (TPSA) is 81.3 Å². The van der Waals surface area contributed by atoms with Crippen molar-refractivity contribution in [3.8, 4) is 0 Å². The second-order valence-corrected chi connectivity index (χ2v) is 7.06. The summed E-state index contributed by atoms with van der Waals surface area (Å²) in [5.74, 6) is 0.884. The van der Waals surface area contributed by atoms with Crippen LogP contribution in [0, 0.1) is 5.92 Å². The summed E-state index contributed by atoms with van der Waals surface area (Å²) in [6, 6.07) is 2.03. The van der Waals surface area contributed by atoms with Crippen LogP contribution in [0.25, 0.3) is 0 Å². The number of carbonyl (C=O) groups is 2. The molecule has 1 aliphatic heterocycles. The number of hydrogen-bond acceptors (Lipinski definition) is 4. The molecule has 1 aromatic heterocycles. The van der Waals surface area contributed by atoms with Gasteiger partial charge in [0.05, 0.1) is 6.54 Å². The molecule has 2 fully saturated rings. The van der Waals surface area contributed by atoms with E-state index >= 15 is 0 Å². The molecule has 1 aliphatic carbocycles. The molecule has 7 heteroatoms. The fourth-order valence-corrected chi connectivity index (χ4v) is 3.54. The van der Waals surface area contributed by atoms with Crippen molar-refractivity contribution >= 4 is 11.8 Å². The molecule has 132 valence electrons. The Morgan fingerprint density at radius 1 is 1.21 bits per heavy atom. The van der Waals surface area contributed by atoms with Gasteiger partial charge in [-0.3, -0.25) is 19.6 Å². The number of nitrogens with zero attached hydrogens (tertiary/aromatic N) is 3. The maximum Gasteiger partial charge on any atom is 0.271 e. The summed E-state index contributed by atoms with van der Waals surface area (Å²) in [7, 11) is 0. The Bertz CT molecular complexity index is 543. The third-order valence-electron chi connectivity index (χ3n) is 5.14. The number of amides is 2. The Morgan fingerprint density at radius 2 is 1.92 bits per heavy atom. The first-order valence-electron chi connectivity index (χ1n) is 8.92. The fraction of sp³-hybridized carbons (Fsp3) is 0.706. The number of piperazine rings is 1. The zero-order valence-corrected chi connectivity index (χ0v) is 14.3. The summed E-state index contributed by atoms with van der Waals surface area (Å²) in [5.41, 5.74) is 0.521. The Hall–Kier alpha value is -1.89. The minimum Gasteiger partial charge on any atom is -0.352 e. The van der Waals surface area contributed by atoms with Gasteiger partial charge in [0.2, 0.25) is 5.91 Å². The molecule has 3 rings (SSSR count). The normalized spacial score (nSPS) is 25.5. The Kier molecular flexibility index (Phi) is 5.50. The highest BCUT2D eigenvalue weighted by molar-refractivity contribution is 5.92. The highest BCUT2D eigenvalue weighted by Crippen LogP contribution is 2.23. The fourth-order valence-electron chi connectivity index (χ4n) is 3.54. The van der Waals surface area contributed by atoms with Crippen LogP contribution in [0.5, 0.6) is 0 Å². The van der Waals surface area contributed by atoms with Crippen LogP contribution < -0.4 is 5.32 Å². The van der Waals surface area contributed by atoms with E-state index in [2.05, 4.69) is 27.3 Å². The lowest BCUT2D eigenvalue weighted by atomic mass is 9.87. The highest BCUT2D eigenvalue weighted by atomic mass is 16.2. The first kappa shape index (κ1) is 17.0. The molecule has 1 saturated carbocycles. The minimum atomic E-state index is -0.0204. The van der Waals surface area contributed by atoms with Crippen LogP contribution in [0.1, 0.15) is 43.1 Å². The predicted molar refractivity (Wildman–Crippen MR) is 90.5 cm³/mol. The maximum absolute atomic E-state index is 12.2. The highest BCUT2D eigenvalue weighted by Gasteiger charge is 2.25. The van der Waals surface area contributed by atoms with Crippen molar-refractivity contribution in [1.29, 1.82) is 0 Å². The summed E-state index contributed by atoms with van der Waals surface area (Å²) >= 11 is 0. The first-order valence-corrected chi connectivity index (χ1v) is 8.92. The zero-order valence-electron chi connectivity index (χ0n) is 14.3. The molecule has 2 aliphatic rings. The average molecular weight is 333 g/mol. The summed E-state index contributed by atoms with van der Waals surface area (Å²) in [5, 5.41) is 9.69. The Morgan fingerprint density at radius 3 is 2.54 bits per heavy atom. The van der Waals surface area contributed by atoms with Gasteiger partial charge in [-0.2, -0.15) is 5.10 Å². The average Bonchev–Trinajstić information content (AvgIpc) is 3.11. The molecule has 2 amide bonds. The van der Waals surface area contributed by atoms with Gasteiger partial charge in [0, 0.05) is 38.4 Å². The van der Waals surface area contributed by atoms with Crippen LogP contribution in [0.15, 0.2) is 12.3 Å². The van der Waals surface area contributed by atoms with Crippen molar-refractivity contribution < 1.29 is 9.59 Å². The largest absolute Gasteiger partial charge is 0.352 e. The van der Waals surface area contributed by atoms with Gasteiger partial charge in [-0.25, -0.2) is 0 Å². The lowest BCUT2D eigenvalue weighted by molar-refractivity contribution is -0.123. The molecule has 2 heterocycles. The van der Waals surface area contributed by atoms with Crippen LogP contribution in [0.3, 0.4) is 0 Å². The van der Waals surface area contributed by atoms with E-state index in [4.69, 9.17) is 0 Å². The summed E-state index contributed by atoms with van der Waals surface area (Å²) in [4.78, 5) is 28.4. The van der Waals surface area contributed by atoms with E-state index in [1.165, 1.54) is 12.8 Å². The number of hydrogen-bond donors (Lipinski definition) is 2. The molecule has 0 unspecified atom stereocenters. The van der Waals surface area contributed by atoms with Crippen molar-refractivity contribution in [1.82, 2.24) is 25.3 Å². The molecular formula is C17H27N5O2. The monoisotopic (exact) mass is 333 g/mol. The first-order chi connectivity index (χ1) is 11.6. The second-order valence-electron chi connectivity index (χ2n) is 7.06. The van der Waals surface area contributed by atoms with E-state index in [1.54, 1.807) is 12.3 Å². The predicted octanol–water partition coefficient (Wildman–Crippen LogP) is 0.862. The van der Waals surface area contributed by atoms with Gasteiger partial charge in [0.25, 0.3) is 5.91 Å². The van der Waals surface area contributed by atoms with Crippen LogP contribution in [-0.2, 0) is 4.79 Å². The third-order valence-corrected chi connectivity index (χ3v) is 5.14. The van der Waals surface area contributed by atoms with Crippen LogP contribution in [-0.4, -0.2) is 70.6 Å². The van der Waals surface area contributed by atoms with Crippen LogP contribution >= 0.6 is 0 Å². The number of rotatable bonds is 4. The van der Waals surface area contributed by atoms with Gasteiger partial charge in [-0.05, 0) is 37.7 Å². The van der Waals surface area contributed by atoms with Crippen molar-refractivity contribution in [3.05, 3.63) is 18.0 Å². The number of H-pyrrole nitrogens is 1. The van der Waals surface area contributed by atoms with Crippen LogP contribution in [0.4, 0.5) is 0 Å². The van der Waals surface area contributed by atoms with Crippen molar-refractivity contribution in [3.63, 3.8) is 0 Å². The van der Waals surface area contributed by atoms with E-state index < -0.39 is 0 Å². The lowest BCUT2D eigenvalue weighted by Gasteiger charge is -2.34. The van der Waals surface area contributed by atoms with E-state index in [-0.39, 0.29) is 11.8 Å². The van der Waals surface area contributed by atoms with E-state index in [9.17, 15) is 9.59 Å². The minimum absolute atomic E-state index is 0.0204. The summed E-state index contributed by atoms with van der Waals surface area (Å²) in [6.45, 7) is 5.46. The summed E-state index contributed by atoms with van der Waals surface area (Å²) in [6.07, 6.45) is 6.19. The van der Waals surface area contributed by atoms with Crippen molar-refractivity contribution in [2.75, 3.05) is 32.7 Å². The molecule has 0 atom stereocenters. The number of carbonyl (C=O) groups excluding carboxylic acids is 2. The molecule has 2 N–H and O–H groups in total. The number of aromatic amines is 1. The van der Waals surface area contributed by atoms with Crippen molar-refractivity contribution in [2.24, 2.45) is 5.92 Å². The molecule has 1 aromatic rings. The van der Waals surface area contributed by atoms with Crippen molar-refractivity contribution in [2.45, 2.75) is 38.6 Å². The third kappa shape index (κ3) is 4.35. The maximum atomic E-state index is 12.2. The van der Waals surface area contributed by atoms with E-state index in [0.717, 1.165) is 31.8 Å².